The zero-order chi connectivity index (χ0) is 10.4. The minimum atomic E-state index is -0.669. The van der Waals surface area contributed by atoms with Crippen molar-refractivity contribution in [3.8, 4) is 0 Å². The number of carbonyl (C=O) groups is 1. The maximum Gasteiger partial charge on any atom is 0.303 e. The average Bonchev–Trinajstić information content (AvgIpc) is 2.60. The van der Waals surface area contributed by atoms with Crippen LogP contribution in [0.3, 0.4) is 0 Å². The highest BCUT2D eigenvalue weighted by Gasteiger charge is 2.19. The number of hydrogen-bond donors (Lipinski definition) is 1. The molecule has 1 N–H and O–H groups in total. The van der Waals surface area contributed by atoms with Crippen molar-refractivity contribution in [1.82, 2.24) is 4.90 Å². The Balaban J connectivity index is 2.00. The van der Waals surface area contributed by atoms with Crippen molar-refractivity contribution in [2.75, 3.05) is 19.6 Å². The summed E-state index contributed by atoms with van der Waals surface area (Å²) in [5, 5.41) is 8.47. The molecule has 1 saturated heterocycles. The number of carboxylic acid groups (broad SMARTS) is 1. The quantitative estimate of drug-likeness (QED) is 0.665. The third-order valence-electron chi connectivity index (χ3n) is 3.06. The SMILES string of the molecule is CCC1CCN(CCCCC(=O)O)C1. The zero-order valence-electron chi connectivity index (χ0n) is 9.04. The third-order valence-corrected chi connectivity index (χ3v) is 3.06. The van der Waals surface area contributed by atoms with Gasteiger partial charge in [-0.1, -0.05) is 13.3 Å². The molecule has 0 aromatic carbocycles. The van der Waals surface area contributed by atoms with Gasteiger partial charge in [0, 0.05) is 13.0 Å². The van der Waals surface area contributed by atoms with Crippen LogP contribution < -0.4 is 0 Å². The van der Waals surface area contributed by atoms with E-state index in [4.69, 9.17) is 5.11 Å². The highest BCUT2D eigenvalue weighted by molar-refractivity contribution is 5.66. The standard InChI is InChI=1S/C11H21NO2/c1-2-10-6-8-12(9-10)7-4-3-5-11(13)14/h10H,2-9H2,1H3,(H,13,14). The Labute approximate surface area is 86.1 Å². The first-order chi connectivity index (χ1) is 6.72. The van der Waals surface area contributed by atoms with Crippen LogP contribution in [0.25, 0.3) is 0 Å². The monoisotopic (exact) mass is 199 g/mol. The topological polar surface area (TPSA) is 40.5 Å². The number of carboxylic acids is 1. The van der Waals surface area contributed by atoms with E-state index < -0.39 is 5.97 Å². The largest absolute Gasteiger partial charge is 0.481 e. The molecule has 14 heavy (non-hydrogen) atoms. The summed E-state index contributed by atoms with van der Waals surface area (Å²) in [5.41, 5.74) is 0. The molecule has 1 atom stereocenters. The molecule has 0 spiro atoms. The maximum absolute atomic E-state index is 10.3. The molecule has 0 bridgehead atoms. The van der Waals surface area contributed by atoms with E-state index >= 15 is 0 Å². The van der Waals surface area contributed by atoms with E-state index in [9.17, 15) is 4.79 Å². The van der Waals surface area contributed by atoms with E-state index in [1.807, 2.05) is 0 Å². The number of nitrogens with zero attached hydrogens (tertiary/aromatic N) is 1. The van der Waals surface area contributed by atoms with E-state index in [0.29, 0.717) is 6.42 Å². The molecule has 1 heterocycles. The fourth-order valence-corrected chi connectivity index (χ4v) is 2.06. The summed E-state index contributed by atoms with van der Waals surface area (Å²) in [6.45, 7) is 5.78. The van der Waals surface area contributed by atoms with Crippen LogP contribution >= 0.6 is 0 Å². The van der Waals surface area contributed by atoms with Gasteiger partial charge in [-0.3, -0.25) is 4.79 Å². The van der Waals surface area contributed by atoms with Crippen LogP contribution in [0.2, 0.25) is 0 Å². The Morgan fingerprint density at radius 1 is 1.50 bits per heavy atom. The summed E-state index contributed by atoms with van der Waals surface area (Å²) in [6.07, 6.45) is 4.79. The molecule has 1 fully saturated rings. The van der Waals surface area contributed by atoms with Gasteiger partial charge in [-0.05, 0) is 38.3 Å². The summed E-state index contributed by atoms with van der Waals surface area (Å²) >= 11 is 0. The lowest BCUT2D eigenvalue weighted by Gasteiger charge is -2.14. The summed E-state index contributed by atoms with van der Waals surface area (Å²) in [6, 6.07) is 0. The first kappa shape index (κ1) is 11.5. The lowest BCUT2D eigenvalue weighted by atomic mass is 10.1. The van der Waals surface area contributed by atoms with Crippen molar-refractivity contribution in [1.29, 1.82) is 0 Å². The highest BCUT2D eigenvalue weighted by Crippen LogP contribution is 2.19. The fraction of sp³-hybridized carbons (Fsp3) is 0.909. The molecule has 1 aliphatic heterocycles. The van der Waals surface area contributed by atoms with Crippen LogP contribution in [0, 0.1) is 5.92 Å². The molecule has 0 aliphatic carbocycles. The van der Waals surface area contributed by atoms with E-state index in [1.165, 1.54) is 25.9 Å². The van der Waals surface area contributed by atoms with Gasteiger partial charge in [-0.15, -0.1) is 0 Å². The van der Waals surface area contributed by atoms with Gasteiger partial charge in [0.1, 0.15) is 0 Å². The first-order valence-electron chi connectivity index (χ1n) is 5.66. The van der Waals surface area contributed by atoms with Gasteiger partial charge in [0.2, 0.25) is 0 Å². The molecular weight excluding hydrogens is 178 g/mol. The van der Waals surface area contributed by atoms with E-state index in [0.717, 1.165) is 25.3 Å². The molecule has 0 amide bonds. The molecule has 0 aromatic rings. The van der Waals surface area contributed by atoms with Gasteiger partial charge in [0.15, 0.2) is 0 Å². The minimum absolute atomic E-state index is 0.324. The predicted molar refractivity (Wildman–Crippen MR) is 56.3 cm³/mol. The Hall–Kier alpha value is -0.570. The molecule has 0 saturated carbocycles. The molecule has 82 valence electrons. The van der Waals surface area contributed by atoms with E-state index in [1.54, 1.807) is 0 Å². The lowest BCUT2D eigenvalue weighted by molar-refractivity contribution is -0.137. The molecule has 1 aliphatic rings. The van der Waals surface area contributed by atoms with Crippen LogP contribution in [-0.2, 0) is 4.79 Å². The average molecular weight is 199 g/mol. The van der Waals surface area contributed by atoms with Crippen LogP contribution in [0.1, 0.15) is 39.0 Å². The van der Waals surface area contributed by atoms with E-state index in [-0.39, 0.29) is 0 Å². The smallest absolute Gasteiger partial charge is 0.303 e. The first-order valence-corrected chi connectivity index (χ1v) is 5.66. The normalized spacial score (nSPS) is 22.8. The molecule has 0 radical (unpaired) electrons. The summed E-state index contributed by atoms with van der Waals surface area (Å²) in [7, 11) is 0. The molecular formula is C11H21NO2. The van der Waals surface area contributed by atoms with Gasteiger partial charge in [0.05, 0.1) is 0 Å². The second kappa shape index (κ2) is 6.02. The maximum atomic E-state index is 10.3. The van der Waals surface area contributed by atoms with Gasteiger partial charge >= 0.3 is 5.97 Å². The third kappa shape index (κ3) is 4.09. The molecule has 3 nitrogen and oxygen atoms in total. The van der Waals surface area contributed by atoms with Gasteiger partial charge in [-0.25, -0.2) is 0 Å². The van der Waals surface area contributed by atoms with Crippen molar-refractivity contribution in [3.63, 3.8) is 0 Å². The number of unbranched alkanes of at least 4 members (excludes halogenated alkanes) is 1. The Morgan fingerprint density at radius 2 is 2.29 bits per heavy atom. The Bertz CT molecular complexity index is 182. The van der Waals surface area contributed by atoms with Gasteiger partial charge in [0.25, 0.3) is 0 Å². The highest BCUT2D eigenvalue weighted by atomic mass is 16.4. The summed E-state index contributed by atoms with van der Waals surface area (Å²) in [5.74, 6) is 0.215. The van der Waals surface area contributed by atoms with Crippen molar-refractivity contribution in [2.45, 2.75) is 39.0 Å². The lowest BCUT2D eigenvalue weighted by Crippen LogP contribution is -2.21. The summed E-state index contributed by atoms with van der Waals surface area (Å²) < 4.78 is 0. The Kier molecular flexibility index (Phi) is 4.94. The number of hydrogen-bond acceptors (Lipinski definition) is 2. The molecule has 3 heteroatoms. The Morgan fingerprint density at radius 3 is 2.86 bits per heavy atom. The van der Waals surface area contributed by atoms with Crippen molar-refractivity contribution in [3.05, 3.63) is 0 Å². The number of rotatable bonds is 6. The van der Waals surface area contributed by atoms with Crippen LogP contribution in [0.4, 0.5) is 0 Å². The van der Waals surface area contributed by atoms with Gasteiger partial charge < -0.3 is 10.0 Å². The molecule has 0 aromatic heterocycles. The second-order valence-corrected chi connectivity index (χ2v) is 4.21. The van der Waals surface area contributed by atoms with Crippen LogP contribution in [0.15, 0.2) is 0 Å². The van der Waals surface area contributed by atoms with Crippen LogP contribution in [0.5, 0.6) is 0 Å². The number of aliphatic carboxylic acids is 1. The fourth-order valence-electron chi connectivity index (χ4n) is 2.06. The van der Waals surface area contributed by atoms with Crippen LogP contribution in [-0.4, -0.2) is 35.6 Å². The molecule has 1 unspecified atom stereocenters. The predicted octanol–water partition coefficient (Wildman–Crippen LogP) is 1.97. The van der Waals surface area contributed by atoms with Crippen molar-refractivity contribution in [2.24, 2.45) is 5.92 Å². The zero-order valence-corrected chi connectivity index (χ0v) is 9.04. The number of likely N-dealkylation sites (tertiary alicyclic amines) is 1. The molecule has 1 rings (SSSR count). The van der Waals surface area contributed by atoms with Crippen molar-refractivity contribution < 1.29 is 9.90 Å². The summed E-state index contributed by atoms with van der Waals surface area (Å²) in [4.78, 5) is 12.7. The van der Waals surface area contributed by atoms with Gasteiger partial charge in [-0.2, -0.15) is 0 Å². The second-order valence-electron chi connectivity index (χ2n) is 4.21. The van der Waals surface area contributed by atoms with E-state index in [2.05, 4.69) is 11.8 Å². The van der Waals surface area contributed by atoms with Crippen molar-refractivity contribution >= 4 is 5.97 Å². The minimum Gasteiger partial charge on any atom is -0.481 e.